The predicted molar refractivity (Wildman–Crippen MR) is 71.0 cm³/mol. The number of benzene rings is 1. The summed E-state index contributed by atoms with van der Waals surface area (Å²) in [4.78, 5) is 8.36. The van der Waals surface area contributed by atoms with E-state index >= 15 is 0 Å². The highest BCUT2D eigenvalue weighted by Crippen LogP contribution is 2.33. The highest BCUT2D eigenvalue weighted by atomic mass is 35.5. The van der Waals surface area contributed by atoms with E-state index in [1.807, 2.05) is 24.3 Å². The van der Waals surface area contributed by atoms with Gasteiger partial charge in [0, 0.05) is 16.1 Å². The van der Waals surface area contributed by atoms with E-state index in [2.05, 4.69) is 23.8 Å². The fraction of sp³-hybridized carbons (Fsp3) is 0.231. The van der Waals surface area contributed by atoms with Crippen molar-refractivity contribution in [1.82, 2.24) is 9.97 Å². The predicted octanol–water partition coefficient (Wildman–Crippen LogP) is 3.50. The van der Waals surface area contributed by atoms with Gasteiger partial charge in [0.15, 0.2) is 0 Å². The van der Waals surface area contributed by atoms with Gasteiger partial charge < -0.3 is 5.73 Å². The molecule has 1 heterocycles. The molecule has 0 unspecified atom stereocenters. The third kappa shape index (κ3) is 2.24. The van der Waals surface area contributed by atoms with Crippen molar-refractivity contribution in [2.75, 3.05) is 5.73 Å². The third-order valence-electron chi connectivity index (χ3n) is 2.62. The van der Waals surface area contributed by atoms with Crippen molar-refractivity contribution in [2.45, 2.75) is 19.8 Å². The van der Waals surface area contributed by atoms with E-state index in [0.29, 0.717) is 10.8 Å². The molecule has 0 saturated heterocycles. The van der Waals surface area contributed by atoms with Crippen molar-refractivity contribution in [2.24, 2.45) is 0 Å². The Morgan fingerprint density at radius 1 is 1.18 bits per heavy atom. The minimum atomic E-state index is 0.252. The maximum absolute atomic E-state index is 6.19. The van der Waals surface area contributed by atoms with E-state index in [0.717, 1.165) is 16.8 Å². The van der Waals surface area contributed by atoms with Gasteiger partial charge >= 0.3 is 0 Å². The van der Waals surface area contributed by atoms with Crippen molar-refractivity contribution < 1.29 is 0 Å². The van der Waals surface area contributed by atoms with E-state index in [1.54, 1.807) is 0 Å². The van der Waals surface area contributed by atoms with E-state index in [4.69, 9.17) is 17.3 Å². The van der Waals surface area contributed by atoms with E-state index < -0.39 is 0 Å². The molecule has 0 atom stereocenters. The highest BCUT2D eigenvalue weighted by molar-refractivity contribution is 6.33. The molecule has 3 nitrogen and oxygen atoms in total. The Morgan fingerprint density at radius 2 is 1.88 bits per heavy atom. The molecule has 2 N–H and O–H groups in total. The Hall–Kier alpha value is -1.61. The molecule has 0 bridgehead atoms. The van der Waals surface area contributed by atoms with Crippen LogP contribution in [0.3, 0.4) is 0 Å². The summed E-state index contributed by atoms with van der Waals surface area (Å²) >= 11 is 6.19. The lowest BCUT2D eigenvalue weighted by Gasteiger charge is -2.14. The Morgan fingerprint density at radius 3 is 2.53 bits per heavy atom. The van der Waals surface area contributed by atoms with Crippen LogP contribution in [0.4, 0.5) is 5.82 Å². The van der Waals surface area contributed by atoms with Crippen molar-refractivity contribution in [1.29, 1.82) is 0 Å². The SMILES string of the molecule is CC(C)c1c(N)ncnc1-c1ccccc1Cl. The Bertz CT molecular complexity index is 538. The normalized spacial score (nSPS) is 10.8. The summed E-state index contributed by atoms with van der Waals surface area (Å²) in [5.41, 5.74) is 8.57. The quantitative estimate of drug-likeness (QED) is 0.884. The zero-order chi connectivity index (χ0) is 12.4. The summed E-state index contributed by atoms with van der Waals surface area (Å²) in [5.74, 6) is 0.771. The van der Waals surface area contributed by atoms with Crippen LogP contribution in [0, 0.1) is 0 Å². The van der Waals surface area contributed by atoms with Crippen molar-refractivity contribution in [3.8, 4) is 11.3 Å². The second-order valence-corrected chi connectivity index (χ2v) is 4.56. The van der Waals surface area contributed by atoms with Gasteiger partial charge in [0.2, 0.25) is 0 Å². The molecule has 0 aliphatic heterocycles. The van der Waals surface area contributed by atoms with Gasteiger partial charge in [-0.1, -0.05) is 43.6 Å². The highest BCUT2D eigenvalue weighted by Gasteiger charge is 2.15. The summed E-state index contributed by atoms with van der Waals surface area (Å²) in [5, 5.41) is 0.674. The monoisotopic (exact) mass is 247 g/mol. The fourth-order valence-corrected chi connectivity index (χ4v) is 2.07. The average Bonchev–Trinajstić information content (AvgIpc) is 2.28. The van der Waals surface area contributed by atoms with Crippen LogP contribution < -0.4 is 5.73 Å². The molecule has 1 aromatic heterocycles. The van der Waals surface area contributed by atoms with Crippen LogP contribution in [0.2, 0.25) is 5.02 Å². The lowest BCUT2D eigenvalue weighted by molar-refractivity contribution is 0.855. The lowest BCUT2D eigenvalue weighted by Crippen LogP contribution is -2.04. The number of rotatable bonds is 2. The maximum atomic E-state index is 6.19. The summed E-state index contributed by atoms with van der Waals surface area (Å²) in [6.07, 6.45) is 1.47. The summed E-state index contributed by atoms with van der Waals surface area (Å²) in [6, 6.07) is 7.62. The first-order chi connectivity index (χ1) is 8.11. The second kappa shape index (κ2) is 4.72. The summed E-state index contributed by atoms with van der Waals surface area (Å²) in [6.45, 7) is 4.13. The van der Waals surface area contributed by atoms with Crippen LogP contribution >= 0.6 is 11.6 Å². The topological polar surface area (TPSA) is 51.8 Å². The molecular formula is C13H14ClN3. The maximum Gasteiger partial charge on any atom is 0.130 e. The van der Waals surface area contributed by atoms with E-state index in [1.165, 1.54) is 6.33 Å². The van der Waals surface area contributed by atoms with Gasteiger partial charge in [-0.2, -0.15) is 0 Å². The molecule has 0 radical (unpaired) electrons. The molecule has 0 saturated carbocycles. The standard InChI is InChI=1S/C13H14ClN3/c1-8(2)11-12(16-7-17-13(11)15)9-5-3-4-6-10(9)14/h3-8H,1-2H3,(H2,15,16,17). The number of aromatic nitrogens is 2. The van der Waals surface area contributed by atoms with Gasteiger partial charge in [0.25, 0.3) is 0 Å². The van der Waals surface area contributed by atoms with Crippen molar-refractivity contribution >= 4 is 17.4 Å². The average molecular weight is 248 g/mol. The molecule has 2 aromatic rings. The fourth-order valence-electron chi connectivity index (χ4n) is 1.85. The minimum Gasteiger partial charge on any atom is -0.383 e. The van der Waals surface area contributed by atoms with Crippen LogP contribution in [0.15, 0.2) is 30.6 Å². The molecule has 17 heavy (non-hydrogen) atoms. The zero-order valence-electron chi connectivity index (χ0n) is 9.81. The minimum absolute atomic E-state index is 0.252. The van der Waals surface area contributed by atoms with Gasteiger partial charge in [0.05, 0.1) is 5.69 Å². The molecule has 0 amide bonds. The smallest absolute Gasteiger partial charge is 0.130 e. The molecule has 88 valence electrons. The molecule has 0 spiro atoms. The van der Waals surface area contributed by atoms with Gasteiger partial charge in [0.1, 0.15) is 12.1 Å². The molecule has 0 fully saturated rings. The largest absolute Gasteiger partial charge is 0.383 e. The molecule has 0 aliphatic rings. The molecule has 2 rings (SSSR count). The number of hydrogen-bond donors (Lipinski definition) is 1. The van der Waals surface area contributed by atoms with Gasteiger partial charge in [-0.15, -0.1) is 0 Å². The molecule has 0 aliphatic carbocycles. The van der Waals surface area contributed by atoms with Gasteiger partial charge in [-0.3, -0.25) is 0 Å². The zero-order valence-corrected chi connectivity index (χ0v) is 10.6. The van der Waals surface area contributed by atoms with E-state index in [9.17, 15) is 0 Å². The number of hydrogen-bond acceptors (Lipinski definition) is 3. The summed E-state index contributed by atoms with van der Waals surface area (Å²) in [7, 11) is 0. The number of anilines is 1. The first kappa shape index (κ1) is 11.9. The third-order valence-corrected chi connectivity index (χ3v) is 2.95. The number of nitrogens with two attached hydrogens (primary N) is 1. The van der Waals surface area contributed by atoms with Gasteiger partial charge in [-0.05, 0) is 12.0 Å². The van der Waals surface area contributed by atoms with Crippen molar-refractivity contribution in [3.63, 3.8) is 0 Å². The first-order valence-corrected chi connectivity index (χ1v) is 5.84. The Balaban J connectivity index is 2.68. The number of halogens is 1. The molecule has 4 heteroatoms. The second-order valence-electron chi connectivity index (χ2n) is 4.16. The number of nitrogens with zero attached hydrogens (tertiary/aromatic N) is 2. The Labute approximate surface area is 106 Å². The van der Waals surface area contributed by atoms with Crippen LogP contribution in [-0.2, 0) is 0 Å². The molecular weight excluding hydrogens is 234 g/mol. The van der Waals surface area contributed by atoms with Crippen LogP contribution in [0.5, 0.6) is 0 Å². The first-order valence-electron chi connectivity index (χ1n) is 5.46. The Kier molecular flexibility index (Phi) is 3.29. The van der Waals surface area contributed by atoms with Crippen LogP contribution in [0.1, 0.15) is 25.3 Å². The van der Waals surface area contributed by atoms with Crippen molar-refractivity contribution in [3.05, 3.63) is 41.2 Å². The summed E-state index contributed by atoms with van der Waals surface area (Å²) < 4.78 is 0. The molecule has 1 aromatic carbocycles. The van der Waals surface area contributed by atoms with Crippen LogP contribution in [-0.4, -0.2) is 9.97 Å². The lowest BCUT2D eigenvalue weighted by atomic mass is 9.97. The van der Waals surface area contributed by atoms with E-state index in [-0.39, 0.29) is 5.92 Å². The van der Waals surface area contributed by atoms with Gasteiger partial charge in [-0.25, -0.2) is 9.97 Å². The number of nitrogen functional groups attached to an aromatic ring is 1. The van der Waals surface area contributed by atoms with Crippen LogP contribution in [0.25, 0.3) is 11.3 Å².